The van der Waals surface area contributed by atoms with Crippen LogP contribution in [0.15, 0.2) is 42.5 Å². The van der Waals surface area contributed by atoms with Crippen LogP contribution in [0, 0.1) is 0 Å². The highest BCUT2D eigenvalue weighted by atomic mass is 16.4. The standard InChI is InChI=1S/C15H10O6/c16-13(17)10-7-6-9(8-4-2-1-3-5-8)11(14(18)19)12(10)15(20)21/h1-7H,(H,16,17)(H,18,19)(H,20,21). The van der Waals surface area contributed by atoms with Gasteiger partial charge in [-0.05, 0) is 17.2 Å². The van der Waals surface area contributed by atoms with Gasteiger partial charge in [0, 0.05) is 0 Å². The fraction of sp³-hybridized carbons (Fsp3) is 0. The number of hydrogen-bond donors (Lipinski definition) is 3. The van der Waals surface area contributed by atoms with E-state index in [1.54, 1.807) is 30.3 Å². The molecule has 0 aromatic heterocycles. The molecule has 0 aliphatic rings. The van der Waals surface area contributed by atoms with Crippen molar-refractivity contribution >= 4 is 17.9 Å². The maximum atomic E-state index is 11.4. The van der Waals surface area contributed by atoms with E-state index >= 15 is 0 Å². The van der Waals surface area contributed by atoms with Crippen LogP contribution in [0.4, 0.5) is 0 Å². The molecule has 0 spiro atoms. The van der Waals surface area contributed by atoms with Crippen LogP contribution in [0.25, 0.3) is 11.1 Å². The van der Waals surface area contributed by atoms with E-state index in [9.17, 15) is 24.6 Å². The monoisotopic (exact) mass is 286 g/mol. The number of aromatic carboxylic acids is 3. The third kappa shape index (κ3) is 2.59. The van der Waals surface area contributed by atoms with Crippen molar-refractivity contribution in [2.75, 3.05) is 0 Å². The Labute approximate surface area is 118 Å². The van der Waals surface area contributed by atoms with Gasteiger partial charge in [-0.2, -0.15) is 0 Å². The number of benzene rings is 2. The van der Waals surface area contributed by atoms with Crippen molar-refractivity contribution in [1.29, 1.82) is 0 Å². The van der Waals surface area contributed by atoms with Crippen molar-refractivity contribution in [3.63, 3.8) is 0 Å². The molecule has 0 aliphatic carbocycles. The summed E-state index contributed by atoms with van der Waals surface area (Å²) in [7, 11) is 0. The van der Waals surface area contributed by atoms with E-state index < -0.39 is 34.6 Å². The van der Waals surface area contributed by atoms with E-state index in [0.717, 1.165) is 6.07 Å². The first-order valence-corrected chi connectivity index (χ1v) is 5.85. The molecule has 0 heterocycles. The van der Waals surface area contributed by atoms with Gasteiger partial charge >= 0.3 is 17.9 Å². The van der Waals surface area contributed by atoms with Crippen LogP contribution in [-0.4, -0.2) is 33.2 Å². The molecule has 6 nitrogen and oxygen atoms in total. The van der Waals surface area contributed by atoms with Crippen molar-refractivity contribution < 1.29 is 29.7 Å². The molecular weight excluding hydrogens is 276 g/mol. The fourth-order valence-electron chi connectivity index (χ4n) is 2.08. The normalized spacial score (nSPS) is 10.1. The third-order valence-electron chi connectivity index (χ3n) is 2.95. The molecule has 0 saturated heterocycles. The summed E-state index contributed by atoms with van der Waals surface area (Å²) in [5.41, 5.74) is -1.16. The molecule has 0 saturated carbocycles. The van der Waals surface area contributed by atoms with Crippen molar-refractivity contribution in [2.24, 2.45) is 0 Å². The van der Waals surface area contributed by atoms with Crippen molar-refractivity contribution in [3.05, 3.63) is 59.2 Å². The van der Waals surface area contributed by atoms with Gasteiger partial charge in [0.25, 0.3) is 0 Å². The minimum atomic E-state index is -1.59. The van der Waals surface area contributed by atoms with Gasteiger partial charge in [-0.25, -0.2) is 14.4 Å². The Morgan fingerprint density at radius 1 is 0.667 bits per heavy atom. The summed E-state index contributed by atoms with van der Waals surface area (Å²) in [4.78, 5) is 33.8. The topological polar surface area (TPSA) is 112 Å². The van der Waals surface area contributed by atoms with Gasteiger partial charge in [-0.15, -0.1) is 0 Å². The Morgan fingerprint density at radius 2 is 1.24 bits per heavy atom. The van der Waals surface area contributed by atoms with Gasteiger partial charge in [0.05, 0.1) is 16.7 Å². The lowest BCUT2D eigenvalue weighted by atomic mass is 9.92. The molecule has 2 rings (SSSR count). The Morgan fingerprint density at radius 3 is 1.71 bits per heavy atom. The molecule has 2 aromatic rings. The summed E-state index contributed by atoms with van der Waals surface area (Å²) >= 11 is 0. The maximum absolute atomic E-state index is 11.4. The number of hydrogen-bond acceptors (Lipinski definition) is 3. The number of carboxylic acids is 3. The van der Waals surface area contributed by atoms with Crippen molar-refractivity contribution in [1.82, 2.24) is 0 Å². The second kappa shape index (κ2) is 5.46. The van der Waals surface area contributed by atoms with Crippen LogP contribution in [0.1, 0.15) is 31.1 Å². The average molecular weight is 286 g/mol. The van der Waals surface area contributed by atoms with Gasteiger partial charge in [0.1, 0.15) is 0 Å². The minimum Gasteiger partial charge on any atom is -0.478 e. The summed E-state index contributed by atoms with van der Waals surface area (Å²) in [6.07, 6.45) is 0. The molecule has 21 heavy (non-hydrogen) atoms. The molecule has 0 atom stereocenters. The van der Waals surface area contributed by atoms with E-state index in [0.29, 0.717) is 5.56 Å². The Bertz CT molecular complexity index is 733. The molecule has 106 valence electrons. The molecule has 0 fully saturated rings. The summed E-state index contributed by atoms with van der Waals surface area (Å²) in [5.74, 6) is -4.58. The second-order valence-corrected chi connectivity index (χ2v) is 4.19. The molecule has 0 unspecified atom stereocenters. The molecule has 0 radical (unpaired) electrons. The zero-order chi connectivity index (χ0) is 15.6. The quantitative estimate of drug-likeness (QED) is 0.795. The van der Waals surface area contributed by atoms with Crippen LogP contribution in [-0.2, 0) is 0 Å². The third-order valence-corrected chi connectivity index (χ3v) is 2.95. The van der Waals surface area contributed by atoms with Gasteiger partial charge in [-0.3, -0.25) is 0 Å². The molecule has 0 bridgehead atoms. The predicted octanol–water partition coefficient (Wildman–Crippen LogP) is 2.45. The Hall–Kier alpha value is -3.15. The van der Waals surface area contributed by atoms with E-state index in [2.05, 4.69) is 0 Å². The van der Waals surface area contributed by atoms with Crippen molar-refractivity contribution in [2.45, 2.75) is 0 Å². The van der Waals surface area contributed by atoms with Crippen LogP contribution in [0.5, 0.6) is 0 Å². The van der Waals surface area contributed by atoms with E-state index in [1.807, 2.05) is 0 Å². The first kappa shape index (κ1) is 14.3. The van der Waals surface area contributed by atoms with Crippen LogP contribution < -0.4 is 0 Å². The first-order chi connectivity index (χ1) is 9.93. The Balaban J connectivity index is 2.86. The SMILES string of the molecule is O=C(O)c1ccc(-c2ccccc2)c(C(=O)O)c1C(=O)O. The van der Waals surface area contributed by atoms with E-state index in [-0.39, 0.29) is 5.56 Å². The molecule has 6 heteroatoms. The zero-order valence-electron chi connectivity index (χ0n) is 10.6. The summed E-state index contributed by atoms with van der Waals surface area (Å²) in [6.45, 7) is 0. The van der Waals surface area contributed by atoms with Crippen LogP contribution >= 0.6 is 0 Å². The molecule has 3 N–H and O–H groups in total. The fourth-order valence-corrected chi connectivity index (χ4v) is 2.08. The number of rotatable bonds is 4. The molecular formula is C15H10O6. The predicted molar refractivity (Wildman–Crippen MR) is 72.8 cm³/mol. The molecule has 0 aliphatic heterocycles. The molecule has 0 amide bonds. The highest BCUT2D eigenvalue weighted by Crippen LogP contribution is 2.29. The van der Waals surface area contributed by atoms with Gasteiger partial charge in [-0.1, -0.05) is 36.4 Å². The summed E-state index contributed by atoms with van der Waals surface area (Å²) in [5, 5.41) is 27.5. The number of carbonyl (C=O) groups is 3. The lowest BCUT2D eigenvalue weighted by molar-refractivity contribution is 0.0633. The van der Waals surface area contributed by atoms with E-state index in [1.165, 1.54) is 6.07 Å². The summed E-state index contributed by atoms with van der Waals surface area (Å²) in [6, 6.07) is 10.7. The van der Waals surface area contributed by atoms with Gasteiger partial charge < -0.3 is 15.3 Å². The first-order valence-electron chi connectivity index (χ1n) is 5.85. The second-order valence-electron chi connectivity index (χ2n) is 4.19. The smallest absolute Gasteiger partial charge is 0.337 e. The lowest BCUT2D eigenvalue weighted by Crippen LogP contribution is -2.16. The lowest BCUT2D eigenvalue weighted by Gasteiger charge is -2.11. The van der Waals surface area contributed by atoms with Gasteiger partial charge in [0.15, 0.2) is 0 Å². The highest BCUT2D eigenvalue weighted by Gasteiger charge is 2.27. The highest BCUT2D eigenvalue weighted by molar-refractivity contribution is 6.12. The number of carboxylic acid groups (broad SMARTS) is 3. The van der Waals surface area contributed by atoms with Crippen LogP contribution in [0.3, 0.4) is 0 Å². The van der Waals surface area contributed by atoms with E-state index in [4.69, 9.17) is 5.11 Å². The van der Waals surface area contributed by atoms with Crippen molar-refractivity contribution in [3.8, 4) is 11.1 Å². The maximum Gasteiger partial charge on any atom is 0.337 e. The Kier molecular flexibility index (Phi) is 3.71. The summed E-state index contributed by atoms with van der Waals surface area (Å²) < 4.78 is 0. The van der Waals surface area contributed by atoms with Gasteiger partial charge in [0.2, 0.25) is 0 Å². The van der Waals surface area contributed by atoms with Crippen LogP contribution in [0.2, 0.25) is 0 Å². The average Bonchev–Trinajstić information content (AvgIpc) is 2.46. The molecule has 2 aromatic carbocycles. The zero-order valence-corrected chi connectivity index (χ0v) is 10.6. The minimum absolute atomic E-state index is 0.158. The largest absolute Gasteiger partial charge is 0.478 e.